The van der Waals surface area contributed by atoms with Crippen LogP contribution in [0.2, 0.25) is 0 Å². The maximum absolute atomic E-state index is 11.3. The Morgan fingerprint density at radius 3 is 3.00 bits per heavy atom. The second-order valence-corrected chi connectivity index (χ2v) is 5.37. The molecule has 0 bridgehead atoms. The van der Waals surface area contributed by atoms with Gasteiger partial charge in [0.05, 0.1) is 16.0 Å². The van der Waals surface area contributed by atoms with E-state index in [0.29, 0.717) is 5.75 Å². The van der Waals surface area contributed by atoms with Gasteiger partial charge < -0.3 is 4.57 Å². The Morgan fingerprint density at radius 1 is 1.53 bits per heavy atom. The van der Waals surface area contributed by atoms with E-state index in [2.05, 4.69) is 10.5 Å². The van der Waals surface area contributed by atoms with Crippen LogP contribution in [0, 0.1) is 0 Å². The number of nitrogens with zero attached hydrogens (tertiary/aromatic N) is 2. The van der Waals surface area contributed by atoms with Crippen LogP contribution in [0.25, 0.3) is 10.2 Å². The number of para-hydroxylation sites is 1. The molecule has 2 rings (SSSR count). The predicted molar refractivity (Wildman–Crippen MR) is 72.9 cm³/mol. The molecule has 6 heteroatoms. The molecular formula is C11H13N3OS2. The first kappa shape index (κ1) is 12.2. The van der Waals surface area contributed by atoms with Gasteiger partial charge in [0.25, 0.3) is 0 Å². The number of hydrogen-bond acceptors (Lipinski definition) is 4. The largest absolute Gasteiger partial charge is 0.318 e. The number of rotatable bonds is 3. The van der Waals surface area contributed by atoms with E-state index >= 15 is 0 Å². The van der Waals surface area contributed by atoms with Gasteiger partial charge in [0.15, 0.2) is 0 Å². The lowest BCUT2D eigenvalue weighted by Crippen LogP contribution is -2.24. The number of benzene rings is 1. The molecule has 90 valence electrons. The second kappa shape index (κ2) is 5.37. The minimum absolute atomic E-state index is 0.0741. The Morgan fingerprint density at radius 2 is 2.29 bits per heavy atom. The van der Waals surface area contributed by atoms with Crippen molar-refractivity contribution in [3.8, 4) is 0 Å². The number of aryl methyl sites for hydroxylation is 1. The maximum Gasteiger partial charge on any atom is 0.250 e. The van der Waals surface area contributed by atoms with Gasteiger partial charge in [0.1, 0.15) is 0 Å². The molecule has 1 amide bonds. The molecule has 1 N–H and O–H groups in total. The van der Waals surface area contributed by atoms with Crippen LogP contribution in [0.3, 0.4) is 0 Å². The molecular weight excluding hydrogens is 254 g/mol. The average molecular weight is 267 g/mol. The summed E-state index contributed by atoms with van der Waals surface area (Å²) >= 11 is 3.04. The summed E-state index contributed by atoms with van der Waals surface area (Å²) in [5.74, 6) is 0.355. The van der Waals surface area contributed by atoms with Gasteiger partial charge in [-0.2, -0.15) is 11.8 Å². The molecule has 0 radical (unpaired) electrons. The molecule has 0 aliphatic carbocycles. The molecule has 4 nitrogen and oxygen atoms in total. The molecule has 1 aromatic heterocycles. The molecule has 0 unspecified atom stereocenters. The van der Waals surface area contributed by atoms with Gasteiger partial charge in [-0.1, -0.05) is 23.5 Å². The van der Waals surface area contributed by atoms with Gasteiger partial charge in [-0.25, -0.2) is 5.43 Å². The lowest BCUT2D eigenvalue weighted by molar-refractivity contribution is -0.118. The zero-order valence-corrected chi connectivity index (χ0v) is 11.3. The summed E-state index contributed by atoms with van der Waals surface area (Å²) in [6.07, 6.45) is 1.89. The van der Waals surface area contributed by atoms with E-state index < -0.39 is 0 Å². The maximum atomic E-state index is 11.3. The van der Waals surface area contributed by atoms with E-state index in [4.69, 9.17) is 0 Å². The first-order valence-corrected chi connectivity index (χ1v) is 7.29. The van der Waals surface area contributed by atoms with E-state index in [1.54, 1.807) is 11.3 Å². The van der Waals surface area contributed by atoms with Crippen molar-refractivity contribution in [1.82, 2.24) is 9.99 Å². The molecule has 1 aromatic carbocycles. The summed E-state index contributed by atoms with van der Waals surface area (Å²) in [5.41, 5.74) is 3.68. The van der Waals surface area contributed by atoms with Crippen molar-refractivity contribution < 1.29 is 4.79 Å². The molecule has 2 aromatic rings. The van der Waals surface area contributed by atoms with Gasteiger partial charge in [-0.3, -0.25) is 4.79 Å². The number of thiazole rings is 1. The number of carbonyl (C=O) groups is 1. The number of fused-ring (bicyclic) bond motifs is 1. The summed E-state index contributed by atoms with van der Waals surface area (Å²) in [7, 11) is 1.94. The van der Waals surface area contributed by atoms with Gasteiger partial charge in [-0.15, -0.1) is 5.10 Å². The molecule has 17 heavy (non-hydrogen) atoms. The number of aromatic nitrogens is 1. The van der Waals surface area contributed by atoms with Gasteiger partial charge in [0.2, 0.25) is 10.7 Å². The van der Waals surface area contributed by atoms with Crippen molar-refractivity contribution in [2.75, 3.05) is 12.0 Å². The fourth-order valence-corrected chi connectivity index (χ4v) is 2.77. The summed E-state index contributed by atoms with van der Waals surface area (Å²) in [6.45, 7) is 0. The standard InChI is InChI=1S/C11H13N3OS2/c1-14-8-5-3-4-6-9(8)17-11(14)13-12-10(15)7-16-2/h3-6H,7H2,1-2H3,(H,12,15)/b13-11+. The number of hydrogen-bond donors (Lipinski definition) is 1. The third-order valence-electron chi connectivity index (χ3n) is 2.27. The van der Waals surface area contributed by atoms with Gasteiger partial charge >= 0.3 is 0 Å². The highest BCUT2D eigenvalue weighted by Crippen LogP contribution is 2.14. The van der Waals surface area contributed by atoms with E-state index in [9.17, 15) is 4.79 Å². The van der Waals surface area contributed by atoms with Crippen molar-refractivity contribution in [2.45, 2.75) is 0 Å². The van der Waals surface area contributed by atoms with Crippen LogP contribution in [0.15, 0.2) is 29.4 Å². The van der Waals surface area contributed by atoms with Crippen LogP contribution in [0.1, 0.15) is 0 Å². The van der Waals surface area contributed by atoms with Crippen LogP contribution in [-0.2, 0) is 11.8 Å². The molecule has 0 fully saturated rings. The summed E-state index contributed by atoms with van der Waals surface area (Å²) in [5, 5.41) is 4.13. The van der Waals surface area contributed by atoms with E-state index in [-0.39, 0.29) is 5.91 Å². The van der Waals surface area contributed by atoms with Crippen LogP contribution in [-0.4, -0.2) is 22.5 Å². The third kappa shape index (κ3) is 2.70. The molecule has 0 aliphatic rings. The minimum Gasteiger partial charge on any atom is -0.318 e. The Labute approximate surface area is 107 Å². The van der Waals surface area contributed by atoms with E-state index in [1.165, 1.54) is 11.8 Å². The van der Waals surface area contributed by atoms with E-state index in [0.717, 1.165) is 15.0 Å². The van der Waals surface area contributed by atoms with Crippen molar-refractivity contribution in [3.05, 3.63) is 29.1 Å². The summed E-state index contributed by atoms with van der Waals surface area (Å²) in [6, 6.07) is 8.07. The topological polar surface area (TPSA) is 46.4 Å². The third-order valence-corrected chi connectivity index (χ3v) is 3.93. The van der Waals surface area contributed by atoms with E-state index in [1.807, 2.05) is 42.1 Å². The average Bonchev–Trinajstić information content (AvgIpc) is 2.65. The molecule has 0 aliphatic heterocycles. The first-order valence-electron chi connectivity index (χ1n) is 5.08. The number of thioether (sulfide) groups is 1. The van der Waals surface area contributed by atoms with Gasteiger partial charge in [0, 0.05) is 7.05 Å². The smallest absolute Gasteiger partial charge is 0.250 e. The number of nitrogens with one attached hydrogen (secondary N) is 1. The lowest BCUT2D eigenvalue weighted by atomic mass is 10.3. The molecule has 0 spiro atoms. The molecule has 0 atom stereocenters. The SMILES string of the molecule is CSCC(=O)N/N=c1/sc2ccccc2n1C. The quantitative estimate of drug-likeness (QED) is 0.857. The number of carbonyl (C=O) groups excluding carboxylic acids is 1. The number of amides is 1. The highest BCUT2D eigenvalue weighted by Gasteiger charge is 2.02. The van der Waals surface area contributed by atoms with Gasteiger partial charge in [-0.05, 0) is 18.4 Å². The van der Waals surface area contributed by atoms with Crippen molar-refractivity contribution in [3.63, 3.8) is 0 Å². The zero-order chi connectivity index (χ0) is 12.3. The molecule has 1 heterocycles. The Balaban J connectivity index is 2.32. The lowest BCUT2D eigenvalue weighted by Gasteiger charge is -1.96. The highest BCUT2D eigenvalue weighted by atomic mass is 32.2. The fraction of sp³-hybridized carbons (Fsp3) is 0.273. The Hall–Kier alpha value is -1.27. The van der Waals surface area contributed by atoms with Crippen LogP contribution in [0.5, 0.6) is 0 Å². The molecule has 0 saturated carbocycles. The second-order valence-electron chi connectivity index (χ2n) is 3.49. The molecule has 0 saturated heterocycles. The summed E-state index contributed by atoms with van der Waals surface area (Å²) < 4.78 is 3.13. The van der Waals surface area contributed by atoms with Crippen molar-refractivity contribution in [2.24, 2.45) is 12.1 Å². The van der Waals surface area contributed by atoms with Crippen molar-refractivity contribution in [1.29, 1.82) is 0 Å². The monoisotopic (exact) mass is 267 g/mol. The predicted octanol–water partition coefficient (Wildman–Crippen LogP) is 1.53. The minimum atomic E-state index is -0.0741. The summed E-state index contributed by atoms with van der Waals surface area (Å²) in [4.78, 5) is 12.1. The Bertz CT molecular complexity index is 600. The van der Waals surface area contributed by atoms with Crippen molar-refractivity contribution >= 4 is 39.2 Å². The van der Waals surface area contributed by atoms with Crippen LogP contribution >= 0.6 is 23.1 Å². The Kier molecular flexibility index (Phi) is 3.86. The fourth-order valence-electron chi connectivity index (χ4n) is 1.46. The zero-order valence-electron chi connectivity index (χ0n) is 9.64. The highest BCUT2D eigenvalue weighted by molar-refractivity contribution is 7.99. The van der Waals surface area contributed by atoms with Crippen LogP contribution < -0.4 is 10.2 Å². The van der Waals surface area contributed by atoms with Crippen LogP contribution in [0.4, 0.5) is 0 Å². The normalized spacial score (nSPS) is 12.0. The first-order chi connectivity index (χ1) is 8.22.